The van der Waals surface area contributed by atoms with Gasteiger partial charge in [0.15, 0.2) is 5.69 Å². The summed E-state index contributed by atoms with van der Waals surface area (Å²) in [7, 11) is 1.36. The van der Waals surface area contributed by atoms with Gasteiger partial charge in [0.25, 0.3) is 12.4 Å². The molecule has 1 saturated carbocycles. The Bertz CT molecular complexity index is 706. The summed E-state index contributed by atoms with van der Waals surface area (Å²) in [5.74, 6) is -0.625. The molecule has 1 saturated heterocycles. The molecule has 0 aromatic carbocycles. The van der Waals surface area contributed by atoms with Crippen molar-refractivity contribution in [3.63, 3.8) is 0 Å². The number of carbonyl (C=O) groups is 4. The maximum Gasteiger partial charge on any atom is 0.328 e. The smallest absolute Gasteiger partial charge is 0.328 e. The van der Waals surface area contributed by atoms with Crippen molar-refractivity contribution in [2.45, 2.75) is 50.6 Å². The summed E-state index contributed by atoms with van der Waals surface area (Å²) in [6.07, 6.45) is 5.89. The average molecular weight is 406 g/mol. The number of carboxylic acid groups (broad SMARTS) is 1. The number of likely N-dealkylation sites (tertiary alicyclic amines) is 1. The van der Waals surface area contributed by atoms with E-state index in [0.717, 1.165) is 19.3 Å². The van der Waals surface area contributed by atoms with Gasteiger partial charge in [-0.15, -0.1) is 5.10 Å². The number of amides is 2. The fourth-order valence-corrected chi connectivity index (χ4v) is 3.81. The number of nitrogens with zero attached hydrogens (tertiary/aromatic N) is 3. The number of nitrogens with one attached hydrogen (secondary N) is 1. The predicted octanol–water partition coefficient (Wildman–Crippen LogP) is 0.630. The van der Waals surface area contributed by atoms with Crippen molar-refractivity contribution in [3.05, 3.63) is 24.0 Å². The molecule has 2 amide bonds. The van der Waals surface area contributed by atoms with Crippen LogP contribution < -0.4 is 5.32 Å². The normalized spacial score (nSPS) is 23.3. The van der Waals surface area contributed by atoms with Crippen LogP contribution in [0.25, 0.3) is 0 Å². The molecule has 29 heavy (non-hydrogen) atoms. The van der Waals surface area contributed by atoms with Crippen LogP contribution in [0.1, 0.15) is 49.0 Å². The van der Waals surface area contributed by atoms with Crippen LogP contribution in [0, 0.1) is 5.92 Å². The van der Waals surface area contributed by atoms with Crippen LogP contribution in [0.15, 0.2) is 18.3 Å². The molecule has 0 radical (unpaired) electrons. The summed E-state index contributed by atoms with van der Waals surface area (Å²) >= 11 is 0. The highest BCUT2D eigenvalue weighted by molar-refractivity contribution is 5.92. The highest BCUT2D eigenvalue weighted by Crippen LogP contribution is 2.29. The average Bonchev–Trinajstić information content (AvgIpc) is 3.24. The lowest BCUT2D eigenvalue weighted by Crippen LogP contribution is -2.46. The van der Waals surface area contributed by atoms with E-state index in [1.807, 2.05) is 0 Å². The van der Waals surface area contributed by atoms with Crippen molar-refractivity contribution in [2.75, 3.05) is 13.7 Å². The van der Waals surface area contributed by atoms with Gasteiger partial charge in [-0.3, -0.25) is 14.4 Å². The first-order chi connectivity index (χ1) is 14.0. The third-order valence-electron chi connectivity index (χ3n) is 5.23. The van der Waals surface area contributed by atoms with Crippen LogP contribution in [-0.4, -0.2) is 70.2 Å². The van der Waals surface area contributed by atoms with Gasteiger partial charge in [0.2, 0.25) is 5.91 Å². The summed E-state index contributed by atoms with van der Waals surface area (Å²) in [6.45, 7) is 0.363. The number of rotatable bonds is 4. The molecule has 10 nitrogen and oxygen atoms in total. The summed E-state index contributed by atoms with van der Waals surface area (Å²) < 4.78 is 4.81. The first-order valence-electron chi connectivity index (χ1n) is 9.56. The SMILES string of the molecule is COC(=O)[C@H]1CCCN1C(=O)C1CCC(NC(=O)c2cccnn2)CC1.O=CO. The largest absolute Gasteiger partial charge is 0.483 e. The fraction of sp³-hybridized carbons (Fsp3) is 0.579. The van der Waals surface area contributed by atoms with E-state index < -0.39 is 6.04 Å². The quantitative estimate of drug-likeness (QED) is 0.548. The van der Waals surface area contributed by atoms with Crippen molar-refractivity contribution in [1.82, 2.24) is 20.4 Å². The van der Waals surface area contributed by atoms with Gasteiger partial charge in [-0.1, -0.05) is 0 Å². The van der Waals surface area contributed by atoms with Gasteiger partial charge in [0, 0.05) is 24.7 Å². The maximum absolute atomic E-state index is 12.8. The zero-order chi connectivity index (χ0) is 21.2. The second kappa shape index (κ2) is 11.1. The molecular weight excluding hydrogens is 380 g/mol. The monoisotopic (exact) mass is 406 g/mol. The minimum absolute atomic E-state index is 0.0311. The fourth-order valence-electron chi connectivity index (χ4n) is 3.81. The molecule has 158 valence electrons. The summed E-state index contributed by atoms with van der Waals surface area (Å²) in [5.41, 5.74) is 0.295. The lowest BCUT2D eigenvalue weighted by atomic mass is 9.85. The second-order valence-electron chi connectivity index (χ2n) is 6.95. The number of ether oxygens (including phenoxy) is 1. The van der Waals surface area contributed by atoms with E-state index in [9.17, 15) is 14.4 Å². The van der Waals surface area contributed by atoms with Gasteiger partial charge in [-0.25, -0.2) is 4.79 Å². The van der Waals surface area contributed by atoms with E-state index in [-0.39, 0.29) is 36.2 Å². The van der Waals surface area contributed by atoms with Crippen LogP contribution in [-0.2, 0) is 19.1 Å². The van der Waals surface area contributed by atoms with Gasteiger partial charge >= 0.3 is 5.97 Å². The van der Waals surface area contributed by atoms with Gasteiger partial charge in [-0.2, -0.15) is 5.10 Å². The Hall–Kier alpha value is -3.04. The summed E-state index contributed by atoms with van der Waals surface area (Å²) in [6, 6.07) is 2.88. The highest BCUT2D eigenvalue weighted by Gasteiger charge is 2.38. The molecular formula is C19H26N4O6. The van der Waals surface area contributed by atoms with Gasteiger partial charge in [0.05, 0.1) is 7.11 Å². The zero-order valence-electron chi connectivity index (χ0n) is 16.3. The van der Waals surface area contributed by atoms with Crippen LogP contribution in [0.3, 0.4) is 0 Å². The number of hydrogen-bond donors (Lipinski definition) is 2. The Kier molecular flexibility index (Phi) is 8.50. The molecule has 1 aliphatic heterocycles. The minimum atomic E-state index is -0.443. The van der Waals surface area contributed by atoms with Crippen LogP contribution >= 0.6 is 0 Å². The van der Waals surface area contributed by atoms with Crippen molar-refractivity contribution in [1.29, 1.82) is 0 Å². The number of aromatic nitrogens is 2. The van der Waals surface area contributed by atoms with Crippen molar-refractivity contribution in [3.8, 4) is 0 Å². The van der Waals surface area contributed by atoms with Crippen LogP contribution in [0.2, 0.25) is 0 Å². The first-order valence-corrected chi connectivity index (χ1v) is 9.56. The van der Waals surface area contributed by atoms with E-state index >= 15 is 0 Å². The lowest BCUT2D eigenvalue weighted by Gasteiger charge is -2.32. The van der Waals surface area contributed by atoms with E-state index in [4.69, 9.17) is 14.6 Å². The molecule has 2 aliphatic rings. The van der Waals surface area contributed by atoms with Gasteiger partial charge in [0.1, 0.15) is 6.04 Å². The molecule has 10 heteroatoms. The van der Waals surface area contributed by atoms with Crippen molar-refractivity contribution in [2.24, 2.45) is 5.92 Å². The first kappa shape index (κ1) is 22.3. The Morgan fingerprint density at radius 1 is 1.24 bits per heavy atom. The molecule has 0 unspecified atom stereocenters. The number of esters is 1. The highest BCUT2D eigenvalue weighted by atomic mass is 16.5. The van der Waals surface area contributed by atoms with Crippen LogP contribution in [0.5, 0.6) is 0 Å². The maximum atomic E-state index is 12.8. The second-order valence-corrected chi connectivity index (χ2v) is 6.95. The number of carbonyl (C=O) groups excluding carboxylic acids is 3. The molecule has 1 aromatic heterocycles. The third-order valence-corrected chi connectivity index (χ3v) is 5.23. The van der Waals surface area contributed by atoms with Crippen LogP contribution in [0.4, 0.5) is 0 Å². The molecule has 2 fully saturated rings. The van der Waals surface area contributed by atoms with E-state index in [1.165, 1.54) is 13.3 Å². The molecule has 3 rings (SSSR count). The number of hydrogen-bond acceptors (Lipinski definition) is 7. The van der Waals surface area contributed by atoms with E-state index in [0.29, 0.717) is 31.5 Å². The van der Waals surface area contributed by atoms with E-state index in [1.54, 1.807) is 17.0 Å². The Balaban J connectivity index is 0.000000941. The molecule has 2 N–H and O–H groups in total. The Morgan fingerprint density at radius 3 is 2.52 bits per heavy atom. The summed E-state index contributed by atoms with van der Waals surface area (Å²) in [5, 5.41) is 17.4. The topological polar surface area (TPSA) is 139 Å². The van der Waals surface area contributed by atoms with E-state index in [2.05, 4.69) is 15.5 Å². The molecule has 1 aliphatic carbocycles. The Morgan fingerprint density at radius 2 is 1.93 bits per heavy atom. The summed E-state index contributed by atoms with van der Waals surface area (Å²) in [4.78, 5) is 46.8. The molecule has 1 atom stereocenters. The molecule has 2 heterocycles. The van der Waals surface area contributed by atoms with Gasteiger partial charge in [-0.05, 0) is 50.7 Å². The molecule has 0 bridgehead atoms. The lowest BCUT2D eigenvalue weighted by molar-refractivity contribution is -0.152. The van der Waals surface area contributed by atoms with Crippen molar-refractivity contribution < 1.29 is 29.0 Å². The molecule has 1 aromatic rings. The van der Waals surface area contributed by atoms with Crippen molar-refractivity contribution >= 4 is 24.3 Å². The van der Waals surface area contributed by atoms with Gasteiger partial charge < -0.3 is 20.1 Å². The minimum Gasteiger partial charge on any atom is -0.483 e. The number of methoxy groups -OCH3 is 1. The standard InChI is InChI=1S/C18H24N4O4.CH2O2/c1-26-18(25)15-5-3-11-22(15)17(24)12-6-8-13(9-7-12)20-16(23)14-4-2-10-19-21-14;2-1-3/h2,4,10,12-13,15H,3,5-9,11H2,1H3,(H,20,23);1H,(H,2,3)/t12?,13?,15-;/m1./s1. The zero-order valence-corrected chi connectivity index (χ0v) is 16.3. The molecule has 0 spiro atoms. The Labute approximate surface area is 168 Å². The predicted molar refractivity (Wildman–Crippen MR) is 101 cm³/mol. The third kappa shape index (κ3) is 5.97.